The maximum atomic E-state index is 12.7. The van der Waals surface area contributed by atoms with Crippen LogP contribution < -0.4 is 5.43 Å². The van der Waals surface area contributed by atoms with Gasteiger partial charge in [0.15, 0.2) is 0 Å². The van der Waals surface area contributed by atoms with Crippen molar-refractivity contribution < 1.29 is 14.3 Å². The number of rotatable bonds is 4. The first-order valence-corrected chi connectivity index (χ1v) is 8.63. The quantitative estimate of drug-likeness (QED) is 0.894. The minimum absolute atomic E-state index is 0.0171. The van der Waals surface area contributed by atoms with Gasteiger partial charge in [0.25, 0.3) is 5.91 Å². The Kier molecular flexibility index (Phi) is 5.55. The molecule has 0 radical (unpaired) electrons. The normalized spacial score (nSPS) is 20.4. The van der Waals surface area contributed by atoms with Crippen LogP contribution in [0.3, 0.4) is 0 Å². The Balaban J connectivity index is 1.52. The second kappa shape index (κ2) is 8.02. The molecular formula is C18H24N4O3. The van der Waals surface area contributed by atoms with E-state index in [1.165, 1.54) is 0 Å². The highest BCUT2D eigenvalue weighted by Crippen LogP contribution is 2.24. The molecule has 0 saturated carbocycles. The third-order valence-corrected chi connectivity index (χ3v) is 4.44. The molecule has 7 heteroatoms. The van der Waals surface area contributed by atoms with Gasteiger partial charge in [-0.3, -0.25) is 9.69 Å². The molecular weight excluding hydrogens is 320 g/mol. The molecule has 1 fully saturated rings. The first kappa shape index (κ1) is 17.3. The largest absolute Gasteiger partial charge is 0.450 e. The molecule has 1 saturated heterocycles. The van der Waals surface area contributed by atoms with Gasteiger partial charge in [0.2, 0.25) is 0 Å². The molecule has 0 spiro atoms. The highest BCUT2D eigenvalue weighted by molar-refractivity contribution is 5.79. The van der Waals surface area contributed by atoms with E-state index in [0.29, 0.717) is 39.3 Å². The van der Waals surface area contributed by atoms with Crippen LogP contribution in [0.4, 0.5) is 4.79 Å². The molecule has 2 amide bonds. The van der Waals surface area contributed by atoms with Crippen LogP contribution in [0.25, 0.3) is 0 Å². The van der Waals surface area contributed by atoms with Crippen molar-refractivity contribution >= 4 is 12.0 Å². The SMILES string of the molecule is CCOC(=O)N1CCN(CC(=O)N2NC=C[C@@H]2c2ccccc2)CC1. The molecule has 2 aliphatic rings. The number of carbonyl (C=O) groups is 2. The fraction of sp³-hybridized carbons (Fsp3) is 0.444. The first-order valence-electron chi connectivity index (χ1n) is 8.63. The van der Waals surface area contributed by atoms with Gasteiger partial charge in [-0.2, -0.15) is 0 Å². The van der Waals surface area contributed by atoms with Gasteiger partial charge >= 0.3 is 6.09 Å². The minimum atomic E-state index is -0.275. The minimum Gasteiger partial charge on any atom is -0.450 e. The molecule has 134 valence electrons. The lowest BCUT2D eigenvalue weighted by atomic mass is 10.1. The van der Waals surface area contributed by atoms with Gasteiger partial charge < -0.3 is 15.1 Å². The molecule has 1 atom stereocenters. The molecule has 2 heterocycles. The fourth-order valence-electron chi connectivity index (χ4n) is 3.09. The van der Waals surface area contributed by atoms with Gasteiger partial charge in [-0.1, -0.05) is 30.3 Å². The first-order chi connectivity index (χ1) is 12.2. The van der Waals surface area contributed by atoms with Gasteiger partial charge in [0.1, 0.15) is 0 Å². The molecule has 0 unspecified atom stereocenters. The summed E-state index contributed by atoms with van der Waals surface area (Å²) in [6, 6.07) is 9.85. The summed E-state index contributed by atoms with van der Waals surface area (Å²) >= 11 is 0. The standard InChI is InChI=1S/C18H24N4O3/c1-2-25-18(24)21-12-10-20(11-13-21)14-17(23)22-16(8-9-19-22)15-6-4-3-5-7-15/h3-9,16,19H,2,10-14H2,1H3/t16-/m1/s1. The zero-order valence-corrected chi connectivity index (χ0v) is 14.4. The average Bonchev–Trinajstić information content (AvgIpc) is 3.13. The van der Waals surface area contributed by atoms with Gasteiger partial charge in [-0.05, 0) is 18.6 Å². The van der Waals surface area contributed by atoms with Crippen molar-refractivity contribution in [3.63, 3.8) is 0 Å². The summed E-state index contributed by atoms with van der Waals surface area (Å²) in [5.41, 5.74) is 4.10. The third kappa shape index (κ3) is 4.11. The highest BCUT2D eigenvalue weighted by atomic mass is 16.6. The summed E-state index contributed by atoms with van der Waals surface area (Å²) in [6.07, 6.45) is 3.50. The molecule has 7 nitrogen and oxygen atoms in total. The van der Waals surface area contributed by atoms with Crippen molar-refractivity contribution in [1.29, 1.82) is 0 Å². The topological polar surface area (TPSA) is 65.1 Å². The second-order valence-corrected chi connectivity index (χ2v) is 6.07. The molecule has 0 bridgehead atoms. The number of hydrogen-bond donors (Lipinski definition) is 1. The Labute approximate surface area is 147 Å². The lowest BCUT2D eigenvalue weighted by Gasteiger charge is -2.35. The summed E-state index contributed by atoms with van der Waals surface area (Å²) in [5.74, 6) is 0.0171. The lowest BCUT2D eigenvalue weighted by Crippen LogP contribution is -2.52. The van der Waals surface area contributed by atoms with E-state index in [4.69, 9.17) is 4.74 Å². The highest BCUT2D eigenvalue weighted by Gasteiger charge is 2.29. The van der Waals surface area contributed by atoms with Crippen molar-refractivity contribution in [2.45, 2.75) is 13.0 Å². The molecule has 3 rings (SSSR count). The smallest absolute Gasteiger partial charge is 0.409 e. The number of nitrogens with zero attached hydrogens (tertiary/aromatic N) is 3. The van der Waals surface area contributed by atoms with Crippen molar-refractivity contribution in [3.05, 3.63) is 48.2 Å². The van der Waals surface area contributed by atoms with Crippen LogP contribution in [0.15, 0.2) is 42.6 Å². The average molecular weight is 344 g/mol. The zero-order valence-electron chi connectivity index (χ0n) is 14.4. The van der Waals surface area contributed by atoms with E-state index in [2.05, 4.69) is 10.3 Å². The summed E-state index contributed by atoms with van der Waals surface area (Å²) in [4.78, 5) is 28.2. The second-order valence-electron chi connectivity index (χ2n) is 6.07. The molecule has 0 aliphatic carbocycles. The number of carbonyl (C=O) groups excluding carboxylic acids is 2. The van der Waals surface area contributed by atoms with Crippen LogP contribution in [0.5, 0.6) is 0 Å². The van der Waals surface area contributed by atoms with Crippen LogP contribution in [0, 0.1) is 0 Å². The van der Waals surface area contributed by atoms with Crippen LogP contribution >= 0.6 is 0 Å². The number of amides is 2. The zero-order chi connectivity index (χ0) is 17.6. The van der Waals surface area contributed by atoms with Gasteiger partial charge in [0.05, 0.1) is 19.2 Å². The van der Waals surface area contributed by atoms with Crippen molar-refractivity contribution in [2.24, 2.45) is 0 Å². The summed E-state index contributed by atoms with van der Waals surface area (Å²) in [6.45, 7) is 5.01. The Morgan fingerprint density at radius 1 is 1.16 bits per heavy atom. The number of hydrogen-bond acceptors (Lipinski definition) is 5. The Morgan fingerprint density at radius 2 is 1.88 bits per heavy atom. The molecule has 1 N–H and O–H groups in total. The maximum Gasteiger partial charge on any atom is 0.409 e. The summed E-state index contributed by atoms with van der Waals surface area (Å²) < 4.78 is 5.02. The number of benzene rings is 1. The number of ether oxygens (including phenoxy) is 1. The van der Waals surface area contributed by atoms with E-state index in [0.717, 1.165) is 5.56 Å². The van der Waals surface area contributed by atoms with E-state index in [9.17, 15) is 9.59 Å². The lowest BCUT2D eigenvalue weighted by molar-refractivity contribution is -0.136. The number of hydrazine groups is 1. The number of piperazine rings is 1. The fourth-order valence-corrected chi connectivity index (χ4v) is 3.09. The van der Waals surface area contributed by atoms with E-state index in [1.807, 2.05) is 36.4 Å². The summed E-state index contributed by atoms with van der Waals surface area (Å²) in [5, 5.41) is 1.66. The predicted molar refractivity (Wildman–Crippen MR) is 93.3 cm³/mol. The monoisotopic (exact) mass is 344 g/mol. The van der Waals surface area contributed by atoms with Crippen LogP contribution in [-0.2, 0) is 9.53 Å². The van der Waals surface area contributed by atoms with Crippen LogP contribution in [0.1, 0.15) is 18.5 Å². The molecule has 25 heavy (non-hydrogen) atoms. The van der Waals surface area contributed by atoms with Gasteiger partial charge in [-0.25, -0.2) is 9.80 Å². The van der Waals surface area contributed by atoms with Crippen LogP contribution in [-0.4, -0.2) is 66.1 Å². The van der Waals surface area contributed by atoms with Crippen molar-refractivity contribution in [1.82, 2.24) is 20.2 Å². The van der Waals surface area contributed by atoms with Crippen molar-refractivity contribution in [3.8, 4) is 0 Å². The maximum absolute atomic E-state index is 12.7. The molecule has 2 aliphatic heterocycles. The van der Waals surface area contributed by atoms with E-state index in [-0.39, 0.29) is 18.0 Å². The van der Waals surface area contributed by atoms with E-state index in [1.54, 1.807) is 23.0 Å². The van der Waals surface area contributed by atoms with E-state index >= 15 is 0 Å². The Bertz CT molecular complexity index is 626. The van der Waals surface area contributed by atoms with E-state index < -0.39 is 0 Å². The number of nitrogens with one attached hydrogen (secondary N) is 1. The van der Waals surface area contributed by atoms with Gasteiger partial charge in [0, 0.05) is 32.4 Å². The summed E-state index contributed by atoms with van der Waals surface area (Å²) in [7, 11) is 0. The Morgan fingerprint density at radius 3 is 2.56 bits per heavy atom. The van der Waals surface area contributed by atoms with Crippen molar-refractivity contribution in [2.75, 3.05) is 39.3 Å². The Hall–Kier alpha value is -2.54. The van der Waals surface area contributed by atoms with Crippen LogP contribution in [0.2, 0.25) is 0 Å². The van der Waals surface area contributed by atoms with Gasteiger partial charge in [-0.15, -0.1) is 0 Å². The predicted octanol–water partition coefficient (Wildman–Crippen LogP) is 1.36. The molecule has 1 aromatic rings. The third-order valence-electron chi connectivity index (χ3n) is 4.44. The molecule has 1 aromatic carbocycles. The molecule has 0 aromatic heterocycles.